The number of hydrogen-bond donors (Lipinski definition) is 6. The lowest BCUT2D eigenvalue weighted by Crippen LogP contribution is -2.82. The highest BCUT2D eigenvalue weighted by Crippen LogP contribution is 2.65. The molecule has 6 N–H and O–H groups in total. The monoisotopic (exact) mass is 789 g/mol. The van der Waals surface area contributed by atoms with E-state index in [1.54, 1.807) is 59.7 Å². The first-order chi connectivity index (χ1) is 25.8. The molecule has 12 atom stereocenters. The highest BCUT2D eigenvalue weighted by molar-refractivity contribution is 5.89. The normalized spacial score (nSPS) is 36.0. The van der Waals surface area contributed by atoms with E-state index in [1.165, 1.54) is 26.0 Å². The molecule has 1 heterocycles. The molecule has 1 saturated heterocycles. The van der Waals surface area contributed by atoms with Gasteiger partial charge in [0.25, 0.3) is 0 Å². The number of alkyl carbamates (subject to hydrolysis) is 1. The fourth-order valence-corrected chi connectivity index (χ4v) is 9.60. The van der Waals surface area contributed by atoms with Crippen molar-refractivity contribution in [1.29, 1.82) is 0 Å². The van der Waals surface area contributed by atoms with E-state index >= 15 is 0 Å². The molecule has 1 aromatic carbocycles. The molecule has 0 spiro atoms. The van der Waals surface area contributed by atoms with Crippen molar-refractivity contribution >= 4 is 24.0 Å². The van der Waals surface area contributed by atoms with Gasteiger partial charge in [-0.25, -0.2) is 14.4 Å². The van der Waals surface area contributed by atoms with E-state index in [0.29, 0.717) is 0 Å². The smallest absolute Gasteiger partial charge is 0.407 e. The highest BCUT2D eigenvalue weighted by Gasteiger charge is 2.77. The summed E-state index contributed by atoms with van der Waals surface area (Å²) in [6.45, 7) is 15.9. The standard InChI is InChI=1S/C41H59NO14/c1-20(2)16-24(42-36(50)56-37(5,6)7)29(45)35(49)53-25-18-41(51)33(54-34(48)23-14-12-11-13-15-23)31-39(10,32(47)30(46)28(21(25)3)38(41,8)9)26(44)17-27-40(31,19-52-27)55-22(4)43/h11-15,20,24-27,29-33,44-47,51H,16-19H2,1-10H3,(H,42,50)/t24-,25-,26-,27+,29+,30+,31-,32-,33-,39+,40-,41+/m0/s1. The van der Waals surface area contributed by atoms with Gasteiger partial charge in [-0.05, 0) is 63.3 Å². The molecular formula is C41H59NO14. The van der Waals surface area contributed by atoms with Crippen LogP contribution in [0.1, 0.15) is 98.9 Å². The molecule has 1 amide bonds. The molecule has 1 aromatic rings. The SMILES string of the molecule is CC(=O)O[C@@]12CO[C@@H]1C[C@H](O)[C@]1(C)[C@@H]2[C@H](OC(=O)c2ccccc2)[C@]2(O)C[C@H](OC(=O)[C@H](O)[C@H](CC(C)C)NC(=O)OC(C)(C)C)C(C)=C([C@@H](O)[C@@H]1O)C2(C)C. The lowest BCUT2D eigenvalue weighted by atomic mass is 9.44. The molecule has 56 heavy (non-hydrogen) atoms. The molecule has 3 fully saturated rings. The van der Waals surface area contributed by atoms with E-state index in [-0.39, 0.29) is 42.1 Å². The van der Waals surface area contributed by atoms with Gasteiger partial charge in [-0.3, -0.25) is 4.79 Å². The van der Waals surface area contributed by atoms with Crippen LogP contribution in [-0.2, 0) is 33.3 Å². The number of aliphatic hydroxyl groups excluding tert-OH is 4. The highest BCUT2D eigenvalue weighted by atomic mass is 16.6. The van der Waals surface area contributed by atoms with Gasteiger partial charge in [0.2, 0.25) is 0 Å². The van der Waals surface area contributed by atoms with Crippen molar-refractivity contribution in [3.8, 4) is 0 Å². The van der Waals surface area contributed by atoms with Gasteiger partial charge in [0.05, 0.1) is 36.3 Å². The lowest BCUT2D eigenvalue weighted by molar-refractivity contribution is -0.365. The van der Waals surface area contributed by atoms with Gasteiger partial charge in [0, 0.05) is 30.6 Å². The molecule has 0 radical (unpaired) electrons. The van der Waals surface area contributed by atoms with Crippen molar-refractivity contribution in [2.45, 2.75) is 154 Å². The summed E-state index contributed by atoms with van der Waals surface area (Å²) in [7, 11) is 0. The minimum absolute atomic E-state index is 0.0535. The van der Waals surface area contributed by atoms with Crippen molar-refractivity contribution in [3.63, 3.8) is 0 Å². The van der Waals surface area contributed by atoms with Crippen LogP contribution in [0.4, 0.5) is 4.79 Å². The molecule has 3 aliphatic carbocycles. The first kappa shape index (κ1) is 43.5. The zero-order valence-corrected chi connectivity index (χ0v) is 33.9. The molecule has 5 rings (SSSR count). The van der Waals surface area contributed by atoms with Gasteiger partial charge in [-0.15, -0.1) is 0 Å². The Labute approximate surface area is 327 Å². The van der Waals surface area contributed by atoms with Crippen LogP contribution in [0.5, 0.6) is 0 Å². The van der Waals surface area contributed by atoms with Gasteiger partial charge >= 0.3 is 24.0 Å². The fourth-order valence-electron chi connectivity index (χ4n) is 9.60. The number of amides is 1. The van der Waals surface area contributed by atoms with Crippen LogP contribution in [-0.4, -0.2) is 122 Å². The van der Waals surface area contributed by atoms with Crippen molar-refractivity contribution in [2.24, 2.45) is 22.7 Å². The number of aliphatic hydroxyl groups is 5. The van der Waals surface area contributed by atoms with Crippen LogP contribution >= 0.6 is 0 Å². The van der Waals surface area contributed by atoms with Crippen LogP contribution in [0.25, 0.3) is 0 Å². The maximum Gasteiger partial charge on any atom is 0.407 e. The molecule has 312 valence electrons. The largest absolute Gasteiger partial charge is 0.456 e. The lowest BCUT2D eigenvalue weighted by Gasteiger charge is -2.69. The number of carbonyl (C=O) groups excluding carboxylic acids is 4. The van der Waals surface area contributed by atoms with Crippen molar-refractivity contribution in [2.75, 3.05) is 6.61 Å². The molecule has 0 unspecified atom stereocenters. The molecule has 4 aliphatic rings. The molecule has 2 bridgehead atoms. The minimum Gasteiger partial charge on any atom is -0.456 e. The maximum absolute atomic E-state index is 14.1. The summed E-state index contributed by atoms with van der Waals surface area (Å²) in [6, 6.07) is 6.81. The Hall–Kier alpha value is -3.60. The average Bonchev–Trinajstić information content (AvgIpc) is 3.08. The second-order valence-corrected chi connectivity index (χ2v) is 18.1. The Bertz CT molecular complexity index is 1700. The Balaban J connectivity index is 1.66. The van der Waals surface area contributed by atoms with Gasteiger partial charge in [0.15, 0.2) is 11.7 Å². The number of rotatable bonds is 9. The summed E-state index contributed by atoms with van der Waals surface area (Å²) in [4.78, 5) is 53.6. The van der Waals surface area contributed by atoms with Gasteiger partial charge in [-0.1, -0.05) is 52.8 Å². The topological polar surface area (TPSA) is 228 Å². The number of carbonyl (C=O) groups is 4. The summed E-state index contributed by atoms with van der Waals surface area (Å²) in [5.74, 6) is -4.27. The summed E-state index contributed by atoms with van der Waals surface area (Å²) >= 11 is 0. The Morgan fingerprint density at radius 3 is 2.18 bits per heavy atom. The summed E-state index contributed by atoms with van der Waals surface area (Å²) in [5, 5.41) is 63.8. The Morgan fingerprint density at radius 1 is 1.02 bits per heavy atom. The number of fused-ring (bicyclic) bond motifs is 5. The Kier molecular flexibility index (Phi) is 11.9. The first-order valence-electron chi connectivity index (χ1n) is 19.2. The van der Waals surface area contributed by atoms with E-state index in [2.05, 4.69) is 5.32 Å². The average molecular weight is 790 g/mol. The van der Waals surface area contributed by atoms with Crippen LogP contribution in [0, 0.1) is 22.7 Å². The zero-order chi connectivity index (χ0) is 41.9. The van der Waals surface area contributed by atoms with E-state index < -0.39 is 113 Å². The third kappa shape index (κ3) is 7.46. The van der Waals surface area contributed by atoms with Crippen molar-refractivity contribution < 1.29 is 68.4 Å². The van der Waals surface area contributed by atoms with Crippen LogP contribution < -0.4 is 5.32 Å². The molecule has 15 nitrogen and oxygen atoms in total. The fraction of sp³-hybridized carbons (Fsp3) is 0.707. The second kappa shape index (κ2) is 15.3. The van der Waals surface area contributed by atoms with E-state index in [9.17, 15) is 44.7 Å². The van der Waals surface area contributed by atoms with E-state index in [1.807, 2.05) is 13.8 Å². The molecule has 0 aromatic heterocycles. The number of ether oxygens (including phenoxy) is 5. The molecule has 2 saturated carbocycles. The van der Waals surface area contributed by atoms with Gasteiger partial charge in [-0.2, -0.15) is 0 Å². The predicted octanol–water partition coefficient (Wildman–Crippen LogP) is 2.72. The molecule has 1 aliphatic heterocycles. The predicted molar refractivity (Wildman–Crippen MR) is 199 cm³/mol. The molecule has 15 heteroatoms. The van der Waals surface area contributed by atoms with Gasteiger partial charge in [0.1, 0.15) is 35.6 Å². The van der Waals surface area contributed by atoms with E-state index in [0.717, 1.165) is 0 Å². The van der Waals surface area contributed by atoms with Crippen molar-refractivity contribution in [1.82, 2.24) is 5.32 Å². The number of esters is 3. The zero-order valence-electron chi connectivity index (χ0n) is 33.9. The van der Waals surface area contributed by atoms with Crippen LogP contribution in [0.2, 0.25) is 0 Å². The van der Waals surface area contributed by atoms with Crippen LogP contribution in [0.15, 0.2) is 41.5 Å². The van der Waals surface area contributed by atoms with E-state index in [4.69, 9.17) is 23.7 Å². The minimum atomic E-state index is -2.29. The summed E-state index contributed by atoms with van der Waals surface area (Å²) < 4.78 is 29.5. The third-order valence-corrected chi connectivity index (χ3v) is 12.5. The number of benzene rings is 1. The molecular weight excluding hydrogens is 730 g/mol. The quantitative estimate of drug-likeness (QED) is 0.120. The summed E-state index contributed by atoms with van der Waals surface area (Å²) in [6.07, 6.45) is -12.3. The third-order valence-electron chi connectivity index (χ3n) is 12.5. The summed E-state index contributed by atoms with van der Waals surface area (Å²) in [5.41, 5.74) is -7.75. The first-order valence-corrected chi connectivity index (χ1v) is 19.2. The van der Waals surface area contributed by atoms with Crippen molar-refractivity contribution in [3.05, 3.63) is 47.0 Å². The number of nitrogens with one attached hydrogen (secondary N) is 1. The number of hydrogen-bond acceptors (Lipinski definition) is 14. The van der Waals surface area contributed by atoms with Crippen LogP contribution in [0.3, 0.4) is 0 Å². The maximum atomic E-state index is 14.1. The van der Waals surface area contributed by atoms with Gasteiger partial charge < -0.3 is 54.5 Å². The Morgan fingerprint density at radius 2 is 1.64 bits per heavy atom. The second-order valence-electron chi connectivity index (χ2n) is 18.1.